The fourth-order valence-electron chi connectivity index (χ4n) is 1.86. The SMILES string of the molecule is O=C(O)c1c[nH]c2ccccc12.O=CC(O)C(O)C(O)C(O)C(=O)O. The number of hydrogen-bond donors (Lipinski definition) is 7. The first-order chi connectivity index (χ1) is 11.7. The van der Waals surface area contributed by atoms with E-state index in [1.807, 2.05) is 18.2 Å². The number of carboxylic acids is 2. The van der Waals surface area contributed by atoms with Gasteiger partial charge in [0.25, 0.3) is 0 Å². The van der Waals surface area contributed by atoms with Gasteiger partial charge >= 0.3 is 11.9 Å². The van der Waals surface area contributed by atoms with Crippen molar-refractivity contribution in [3.63, 3.8) is 0 Å². The Morgan fingerprint density at radius 2 is 1.60 bits per heavy atom. The van der Waals surface area contributed by atoms with E-state index >= 15 is 0 Å². The normalized spacial score (nSPS) is 15.4. The minimum absolute atomic E-state index is 0.0809. The number of para-hydroxylation sites is 1. The van der Waals surface area contributed by atoms with E-state index in [1.165, 1.54) is 6.20 Å². The number of aliphatic hydroxyl groups is 4. The molecule has 0 amide bonds. The smallest absolute Gasteiger partial charge is 0.337 e. The lowest BCUT2D eigenvalue weighted by Gasteiger charge is -2.21. The quantitative estimate of drug-likeness (QED) is 0.305. The molecule has 0 spiro atoms. The molecule has 10 nitrogen and oxygen atoms in total. The molecule has 0 aliphatic rings. The molecule has 7 N–H and O–H groups in total. The number of aliphatic carboxylic acids is 1. The molecule has 10 heteroatoms. The summed E-state index contributed by atoms with van der Waals surface area (Å²) in [6, 6.07) is 7.32. The zero-order valence-corrected chi connectivity index (χ0v) is 12.7. The third-order valence-corrected chi connectivity index (χ3v) is 3.24. The maximum absolute atomic E-state index is 10.7. The monoisotopic (exact) mass is 355 g/mol. The van der Waals surface area contributed by atoms with Gasteiger partial charge in [-0.2, -0.15) is 0 Å². The highest BCUT2D eigenvalue weighted by molar-refractivity contribution is 6.03. The van der Waals surface area contributed by atoms with Crippen molar-refractivity contribution in [3.05, 3.63) is 36.0 Å². The second-order valence-corrected chi connectivity index (χ2v) is 4.94. The Hall–Kier alpha value is -2.79. The summed E-state index contributed by atoms with van der Waals surface area (Å²) in [6.07, 6.45) is -6.88. The second-order valence-electron chi connectivity index (χ2n) is 4.94. The van der Waals surface area contributed by atoms with Crippen LogP contribution in [0.3, 0.4) is 0 Å². The summed E-state index contributed by atoms with van der Waals surface area (Å²) in [6.45, 7) is 0. The number of carbonyl (C=O) groups is 3. The number of hydrogen-bond acceptors (Lipinski definition) is 7. The van der Waals surface area contributed by atoms with Crippen molar-refractivity contribution < 1.29 is 45.0 Å². The predicted molar refractivity (Wildman–Crippen MR) is 83.0 cm³/mol. The van der Waals surface area contributed by atoms with Gasteiger partial charge in [0.15, 0.2) is 12.4 Å². The van der Waals surface area contributed by atoms with Gasteiger partial charge in [-0.05, 0) is 6.07 Å². The zero-order valence-electron chi connectivity index (χ0n) is 12.7. The van der Waals surface area contributed by atoms with E-state index in [0.717, 1.165) is 10.9 Å². The molecule has 4 unspecified atom stereocenters. The number of carboxylic acid groups (broad SMARTS) is 2. The topological polar surface area (TPSA) is 188 Å². The molecular formula is C15H17NO9. The summed E-state index contributed by atoms with van der Waals surface area (Å²) in [5.41, 5.74) is 1.18. The number of benzene rings is 1. The molecule has 136 valence electrons. The molecule has 0 fully saturated rings. The number of rotatable bonds is 6. The van der Waals surface area contributed by atoms with Crippen LogP contribution in [0.5, 0.6) is 0 Å². The Bertz CT molecular complexity index is 741. The molecule has 1 heterocycles. The van der Waals surface area contributed by atoms with Crippen LogP contribution in [-0.2, 0) is 9.59 Å². The molecule has 0 bridgehead atoms. The van der Waals surface area contributed by atoms with Gasteiger partial charge < -0.3 is 40.4 Å². The molecular weight excluding hydrogens is 338 g/mol. The number of aromatic nitrogens is 1. The van der Waals surface area contributed by atoms with Gasteiger partial charge in [-0.3, -0.25) is 0 Å². The van der Waals surface area contributed by atoms with Gasteiger partial charge in [0.1, 0.15) is 18.3 Å². The first-order valence-corrected chi connectivity index (χ1v) is 6.90. The van der Waals surface area contributed by atoms with E-state index in [4.69, 9.17) is 30.6 Å². The minimum atomic E-state index is -2.25. The highest BCUT2D eigenvalue weighted by Crippen LogP contribution is 2.16. The van der Waals surface area contributed by atoms with Crippen LogP contribution in [0.4, 0.5) is 0 Å². The van der Waals surface area contributed by atoms with Crippen LogP contribution < -0.4 is 0 Å². The molecule has 4 atom stereocenters. The summed E-state index contributed by atoms with van der Waals surface area (Å²) < 4.78 is 0. The summed E-state index contributed by atoms with van der Waals surface area (Å²) >= 11 is 0. The van der Waals surface area contributed by atoms with Crippen LogP contribution in [0.2, 0.25) is 0 Å². The Balaban J connectivity index is 0.000000250. The fourth-order valence-corrected chi connectivity index (χ4v) is 1.86. The summed E-state index contributed by atoms with van der Waals surface area (Å²) in [4.78, 5) is 33.5. The number of H-pyrrole nitrogens is 1. The lowest BCUT2D eigenvalue weighted by Crippen LogP contribution is -2.48. The first kappa shape index (κ1) is 20.3. The summed E-state index contributed by atoms with van der Waals surface area (Å²) in [7, 11) is 0. The van der Waals surface area contributed by atoms with Gasteiger partial charge in [0.05, 0.1) is 5.56 Å². The van der Waals surface area contributed by atoms with E-state index in [0.29, 0.717) is 5.56 Å². The second kappa shape index (κ2) is 8.89. The number of aromatic amines is 1. The molecule has 2 aromatic rings. The molecule has 0 saturated carbocycles. The van der Waals surface area contributed by atoms with Gasteiger partial charge in [0, 0.05) is 17.1 Å². The number of aliphatic hydroxyl groups excluding tert-OH is 4. The van der Waals surface area contributed by atoms with Gasteiger partial charge in [-0.1, -0.05) is 18.2 Å². The van der Waals surface area contributed by atoms with Crippen molar-refractivity contribution in [2.45, 2.75) is 24.4 Å². The third kappa shape index (κ3) is 5.09. The molecule has 0 radical (unpaired) electrons. The Labute approximate surface area is 140 Å². The predicted octanol–water partition coefficient (Wildman–Crippen LogP) is -1.42. The van der Waals surface area contributed by atoms with Crippen molar-refractivity contribution in [1.29, 1.82) is 0 Å². The van der Waals surface area contributed by atoms with Crippen LogP contribution >= 0.6 is 0 Å². The van der Waals surface area contributed by atoms with Crippen LogP contribution in [0.1, 0.15) is 10.4 Å². The standard InChI is InChI=1S/C9H7NO2.C6H10O7/c11-9(12)7-5-10-8-4-2-1-3-6(7)8;7-1-2(8)3(9)4(10)5(11)6(12)13/h1-5,10H,(H,11,12);1-5,8-11H,(H,12,13). The lowest BCUT2D eigenvalue weighted by atomic mass is 10.0. The molecule has 25 heavy (non-hydrogen) atoms. The van der Waals surface area contributed by atoms with E-state index in [9.17, 15) is 14.4 Å². The van der Waals surface area contributed by atoms with Gasteiger partial charge in [-0.25, -0.2) is 9.59 Å². The first-order valence-electron chi connectivity index (χ1n) is 6.90. The van der Waals surface area contributed by atoms with Crippen LogP contribution in [0, 0.1) is 0 Å². The molecule has 1 aromatic heterocycles. The number of aldehydes is 1. The molecule has 1 aromatic carbocycles. The molecule has 0 saturated heterocycles. The number of fused-ring (bicyclic) bond motifs is 1. The van der Waals surface area contributed by atoms with E-state index in [2.05, 4.69) is 4.98 Å². The Morgan fingerprint density at radius 1 is 1.00 bits per heavy atom. The van der Waals surface area contributed by atoms with Gasteiger partial charge in [0.2, 0.25) is 0 Å². The maximum Gasteiger partial charge on any atom is 0.337 e. The fraction of sp³-hybridized carbons (Fsp3) is 0.267. The maximum atomic E-state index is 10.7. The Kier molecular flexibility index (Phi) is 7.21. The highest BCUT2D eigenvalue weighted by atomic mass is 16.4. The Morgan fingerprint density at radius 3 is 2.12 bits per heavy atom. The largest absolute Gasteiger partial charge is 0.479 e. The number of nitrogens with one attached hydrogen (secondary N) is 1. The van der Waals surface area contributed by atoms with Crippen molar-refractivity contribution in [1.82, 2.24) is 4.98 Å². The number of carbonyl (C=O) groups excluding carboxylic acids is 1. The van der Waals surface area contributed by atoms with E-state index in [1.54, 1.807) is 6.07 Å². The van der Waals surface area contributed by atoms with Crippen molar-refractivity contribution in [2.75, 3.05) is 0 Å². The van der Waals surface area contributed by atoms with Crippen molar-refractivity contribution >= 4 is 29.1 Å². The van der Waals surface area contributed by atoms with Crippen molar-refractivity contribution in [3.8, 4) is 0 Å². The van der Waals surface area contributed by atoms with E-state index < -0.39 is 36.4 Å². The average Bonchev–Trinajstić information content (AvgIpc) is 3.03. The molecule has 2 rings (SSSR count). The lowest BCUT2D eigenvalue weighted by molar-refractivity contribution is -0.163. The summed E-state index contributed by atoms with van der Waals surface area (Å²) in [5.74, 6) is -2.66. The highest BCUT2D eigenvalue weighted by Gasteiger charge is 2.34. The average molecular weight is 355 g/mol. The van der Waals surface area contributed by atoms with Crippen LogP contribution in [-0.4, -0.2) is 78.3 Å². The van der Waals surface area contributed by atoms with Crippen LogP contribution in [0.15, 0.2) is 30.5 Å². The number of aromatic carboxylic acids is 1. The van der Waals surface area contributed by atoms with Crippen LogP contribution in [0.25, 0.3) is 10.9 Å². The molecule has 0 aliphatic heterocycles. The third-order valence-electron chi connectivity index (χ3n) is 3.24. The minimum Gasteiger partial charge on any atom is -0.479 e. The van der Waals surface area contributed by atoms with Gasteiger partial charge in [-0.15, -0.1) is 0 Å². The zero-order chi connectivity index (χ0) is 19.1. The summed E-state index contributed by atoms with van der Waals surface area (Å²) in [5, 5.41) is 52.7. The van der Waals surface area contributed by atoms with Crippen molar-refractivity contribution in [2.24, 2.45) is 0 Å². The van der Waals surface area contributed by atoms with E-state index in [-0.39, 0.29) is 6.29 Å². The molecule has 0 aliphatic carbocycles.